The summed E-state index contributed by atoms with van der Waals surface area (Å²) in [5, 5.41) is 12.4. The van der Waals surface area contributed by atoms with Crippen LogP contribution in [0.2, 0.25) is 0 Å². The monoisotopic (exact) mass is 639 g/mol. The van der Waals surface area contributed by atoms with Gasteiger partial charge in [0.15, 0.2) is 0 Å². The van der Waals surface area contributed by atoms with Gasteiger partial charge >= 0.3 is 11.9 Å². The number of carboxylic acid groups (broad SMARTS) is 1. The number of carboxylic acids is 1. The first-order chi connectivity index (χ1) is 22.2. The molecule has 256 valence electrons. The molecule has 0 aromatic heterocycles. The van der Waals surface area contributed by atoms with E-state index in [4.69, 9.17) is 24.1 Å². The Labute approximate surface area is 276 Å². The molecular formula is C38H57NO7. The first kappa shape index (κ1) is 36.3. The van der Waals surface area contributed by atoms with Crippen LogP contribution in [-0.2, 0) is 28.5 Å². The van der Waals surface area contributed by atoms with Crippen LogP contribution in [-0.4, -0.2) is 72.4 Å². The van der Waals surface area contributed by atoms with Gasteiger partial charge in [0.2, 0.25) is 0 Å². The van der Waals surface area contributed by atoms with E-state index in [-0.39, 0.29) is 35.4 Å². The lowest BCUT2D eigenvalue weighted by Gasteiger charge is -2.42. The van der Waals surface area contributed by atoms with Crippen LogP contribution in [0, 0.1) is 5.92 Å². The molecule has 0 bridgehead atoms. The fraction of sp³-hybridized carbons (Fsp3) is 0.684. The molecule has 0 aromatic rings. The van der Waals surface area contributed by atoms with Crippen molar-refractivity contribution >= 4 is 11.9 Å². The minimum atomic E-state index is -1.00. The number of methoxy groups -OCH3 is 1. The van der Waals surface area contributed by atoms with E-state index in [1.165, 1.54) is 81.9 Å². The van der Waals surface area contributed by atoms with Crippen molar-refractivity contribution in [2.24, 2.45) is 5.92 Å². The second-order valence-electron chi connectivity index (χ2n) is 14.0. The number of rotatable bonds is 12. The van der Waals surface area contributed by atoms with Crippen molar-refractivity contribution in [3.63, 3.8) is 0 Å². The Morgan fingerprint density at radius 2 is 1.43 bits per heavy atom. The highest BCUT2D eigenvalue weighted by molar-refractivity contribution is 5.82. The molecule has 8 heteroatoms. The number of nitrogens with one attached hydrogen (secondary N) is 1. The van der Waals surface area contributed by atoms with Crippen LogP contribution in [0.3, 0.4) is 0 Å². The molecule has 0 aromatic carbocycles. The van der Waals surface area contributed by atoms with Gasteiger partial charge in [0.25, 0.3) is 0 Å². The largest absolute Gasteiger partial charge is 0.478 e. The van der Waals surface area contributed by atoms with Crippen molar-refractivity contribution < 1.29 is 33.6 Å². The topological polar surface area (TPSA) is 110 Å². The molecule has 5 aliphatic rings. The maximum absolute atomic E-state index is 12.4. The molecule has 3 aliphatic carbocycles. The Bertz CT molecular complexity index is 1120. The van der Waals surface area contributed by atoms with Crippen LogP contribution in [0.15, 0.2) is 60.3 Å². The second kappa shape index (κ2) is 17.6. The Hall–Kier alpha value is -2.52. The smallest absolute Gasteiger partial charge is 0.331 e. The molecular weight excluding hydrogens is 582 g/mol. The van der Waals surface area contributed by atoms with E-state index < -0.39 is 11.9 Å². The second-order valence-corrected chi connectivity index (χ2v) is 14.0. The van der Waals surface area contributed by atoms with Crippen LogP contribution >= 0.6 is 0 Å². The summed E-state index contributed by atoms with van der Waals surface area (Å²) in [5.74, 6) is -1.45. The minimum absolute atomic E-state index is 0.00928. The van der Waals surface area contributed by atoms with Crippen molar-refractivity contribution in [2.75, 3.05) is 13.7 Å². The van der Waals surface area contributed by atoms with Crippen LogP contribution in [0.1, 0.15) is 104 Å². The summed E-state index contributed by atoms with van der Waals surface area (Å²) in [6, 6.07) is 1.74. The third kappa shape index (κ3) is 10.8. The van der Waals surface area contributed by atoms with E-state index in [1.54, 1.807) is 37.5 Å². The molecule has 46 heavy (non-hydrogen) atoms. The van der Waals surface area contributed by atoms with Gasteiger partial charge < -0.3 is 29.4 Å². The van der Waals surface area contributed by atoms with Crippen LogP contribution in [0.5, 0.6) is 0 Å². The van der Waals surface area contributed by atoms with Crippen molar-refractivity contribution in [2.45, 2.75) is 146 Å². The molecule has 6 atom stereocenters. The number of ether oxygens (including phenoxy) is 4. The lowest BCUT2D eigenvalue weighted by molar-refractivity contribution is -0.166. The number of allylic oxidation sites excluding steroid dienone is 7. The Morgan fingerprint density at radius 3 is 1.96 bits per heavy atom. The van der Waals surface area contributed by atoms with Gasteiger partial charge in [0.05, 0.1) is 18.6 Å². The van der Waals surface area contributed by atoms with Gasteiger partial charge in [-0.1, -0.05) is 86.6 Å². The molecule has 0 unspecified atom stereocenters. The molecule has 2 aliphatic heterocycles. The van der Waals surface area contributed by atoms with Gasteiger partial charge in [-0.05, 0) is 65.7 Å². The third-order valence-corrected chi connectivity index (χ3v) is 10.2. The molecule has 2 heterocycles. The third-order valence-electron chi connectivity index (χ3n) is 10.2. The number of epoxide rings is 2. The van der Waals surface area contributed by atoms with E-state index in [2.05, 4.69) is 32.2 Å². The summed E-state index contributed by atoms with van der Waals surface area (Å²) in [6.07, 6.45) is 30.5. The molecule has 5 fully saturated rings. The maximum atomic E-state index is 12.4. The van der Waals surface area contributed by atoms with E-state index >= 15 is 0 Å². The summed E-state index contributed by atoms with van der Waals surface area (Å²) in [6.45, 7) is 6.96. The Kier molecular flexibility index (Phi) is 13.9. The standard InChI is InChI=1S/C26H34O7.C12H23N/c1-18(2)13-14-20-25(3,33-20)24-23(30-4)19(15-16-26(24)17-31-26)32-22(29)12-10-8-6-5-7-9-11-21(27)28;1-3-7-11(8-4-1)13-12-9-5-2-6-10-12/h5-13,19-20,23-24H,14-17H2,1-4H3,(H,27,28);11-13H,1-10H2/t19-,20+,23-,24-,25+,26+;/m1./s1. The number of carbonyl (C=O) groups excluding carboxylic acids is 1. The summed E-state index contributed by atoms with van der Waals surface area (Å²) >= 11 is 0. The molecule has 0 amide bonds. The number of hydrogen-bond donors (Lipinski definition) is 2. The van der Waals surface area contributed by atoms with Crippen molar-refractivity contribution in [3.05, 3.63) is 60.3 Å². The lowest BCUT2D eigenvalue weighted by Crippen LogP contribution is -2.55. The van der Waals surface area contributed by atoms with Gasteiger partial charge in [-0.3, -0.25) is 0 Å². The average Bonchev–Trinajstić information content (AvgIpc) is 3.96. The average molecular weight is 640 g/mol. The highest BCUT2D eigenvalue weighted by atomic mass is 16.6. The Morgan fingerprint density at radius 1 is 0.870 bits per heavy atom. The highest BCUT2D eigenvalue weighted by Crippen LogP contribution is 2.59. The number of carbonyl (C=O) groups is 2. The Balaban J connectivity index is 0.000000305. The highest BCUT2D eigenvalue weighted by Gasteiger charge is 2.72. The van der Waals surface area contributed by atoms with Crippen molar-refractivity contribution in [3.8, 4) is 0 Å². The van der Waals surface area contributed by atoms with Gasteiger partial charge in [-0.25, -0.2) is 9.59 Å². The first-order valence-electron chi connectivity index (χ1n) is 17.5. The van der Waals surface area contributed by atoms with Crippen LogP contribution < -0.4 is 5.32 Å². The van der Waals surface area contributed by atoms with Gasteiger partial charge in [-0.15, -0.1) is 0 Å². The summed E-state index contributed by atoms with van der Waals surface area (Å²) in [4.78, 5) is 22.8. The number of aliphatic carboxylic acids is 1. The fourth-order valence-electron chi connectivity index (χ4n) is 7.66. The molecule has 2 saturated heterocycles. The van der Waals surface area contributed by atoms with Gasteiger partial charge in [0, 0.05) is 31.3 Å². The van der Waals surface area contributed by atoms with E-state index in [0.717, 1.165) is 31.0 Å². The zero-order chi connectivity index (χ0) is 33.0. The quantitative estimate of drug-likeness (QED) is 0.0762. The van der Waals surface area contributed by atoms with Crippen molar-refractivity contribution in [1.29, 1.82) is 0 Å². The summed E-state index contributed by atoms with van der Waals surface area (Å²) in [5.41, 5.74) is 0.642. The lowest BCUT2D eigenvalue weighted by atomic mass is 9.68. The normalized spacial score (nSPS) is 33.4. The van der Waals surface area contributed by atoms with E-state index in [9.17, 15) is 9.59 Å². The molecule has 2 N–H and O–H groups in total. The van der Waals surface area contributed by atoms with E-state index in [0.29, 0.717) is 13.0 Å². The number of hydrogen-bond acceptors (Lipinski definition) is 7. The number of esters is 1. The minimum Gasteiger partial charge on any atom is -0.478 e. The molecule has 3 saturated carbocycles. The van der Waals surface area contributed by atoms with Gasteiger partial charge in [-0.2, -0.15) is 0 Å². The molecule has 8 nitrogen and oxygen atoms in total. The SMILES string of the molecule is C1CCC(NC2CCCCC2)CC1.CO[C@@H]1[C@H](OC(=O)C=CC=CC=CC=CC(=O)O)CC[C@]2(CO2)[C@H]1[C@@]1(C)O[C@H]1CC=C(C)C. The summed E-state index contributed by atoms with van der Waals surface area (Å²) < 4.78 is 23.8. The molecule has 0 radical (unpaired) electrons. The fourth-order valence-corrected chi connectivity index (χ4v) is 7.66. The first-order valence-corrected chi connectivity index (χ1v) is 17.5. The van der Waals surface area contributed by atoms with Gasteiger partial charge in [0.1, 0.15) is 23.4 Å². The molecule has 1 spiro atoms. The molecule has 5 rings (SSSR count). The predicted octanol–water partition coefficient (Wildman–Crippen LogP) is 7.16. The zero-order valence-electron chi connectivity index (χ0n) is 28.5. The predicted molar refractivity (Wildman–Crippen MR) is 180 cm³/mol. The maximum Gasteiger partial charge on any atom is 0.331 e. The van der Waals surface area contributed by atoms with Crippen LogP contribution in [0.25, 0.3) is 0 Å². The van der Waals surface area contributed by atoms with E-state index in [1.807, 2.05) is 0 Å². The summed E-state index contributed by atoms with van der Waals surface area (Å²) in [7, 11) is 1.65. The zero-order valence-corrected chi connectivity index (χ0v) is 28.5. The van der Waals surface area contributed by atoms with Crippen molar-refractivity contribution in [1.82, 2.24) is 5.32 Å². The van der Waals surface area contributed by atoms with Crippen LogP contribution in [0.4, 0.5) is 0 Å².